The Bertz CT molecular complexity index is 376. The molecular formula is C16H27O2P. The van der Waals surface area contributed by atoms with E-state index in [4.69, 9.17) is 4.57 Å². The third-order valence-corrected chi connectivity index (χ3v) is 3.73. The monoisotopic (exact) mass is 282 g/mol. The van der Waals surface area contributed by atoms with E-state index >= 15 is 0 Å². The van der Waals surface area contributed by atoms with Gasteiger partial charge in [-0.25, -0.2) is 4.57 Å². The molecule has 0 aromatic rings. The first kappa shape index (κ1) is 18.3. The largest absolute Gasteiger partial charge is 0.327 e. The van der Waals surface area contributed by atoms with E-state index in [0.717, 1.165) is 0 Å². The molecule has 3 heteroatoms. The second-order valence-electron chi connectivity index (χ2n) is 5.55. The number of rotatable bonds is 3. The van der Waals surface area contributed by atoms with Crippen molar-refractivity contribution in [3.63, 3.8) is 0 Å². The van der Waals surface area contributed by atoms with E-state index in [1.54, 1.807) is 11.1 Å². The van der Waals surface area contributed by atoms with Crippen LogP contribution in [0.5, 0.6) is 0 Å². The fourth-order valence-corrected chi connectivity index (χ4v) is 2.32. The Labute approximate surface area is 119 Å². The number of hydrogen-bond donors (Lipinski definition) is 0. The first-order chi connectivity index (χ1) is 8.88. The maximum absolute atomic E-state index is 9.05. The molecule has 0 N–H and O–H groups in total. The van der Waals surface area contributed by atoms with Crippen LogP contribution < -0.4 is 0 Å². The van der Waals surface area contributed by atoms with Gasteiger partial charge in [0, 0.05) is 7.11 Å². The Hall–Kier alpha value is -0.720. The lowest BCUT2D eigenvalue weighted by Crippen LogP contribution is -2.19. The molecule has 1 rings (SSSR count). The van der Waals surface area contributed by atoms with Gasteiger partial charge in [-0.1, -0.05) is 43.2 Å². The van der Waals surface area contributed by atoms with Crippen molar-refractivity contribution in [3.05, 3.63) is 34.9 Å². The highest BCUT2D eigenvalue weighted by Gasteiger charge is 2.26. The van der Waals surface area contributed by atoms with Crippen LogP contribution in [-0.4, -0.2) is 7.11 Å². The minimum absolute atomic E-state index is 0.252. The summed E-state index contributed by atoms with van der Waals surface area (Å²) in [7, 11) is 1.10. The highest BCUT2D eigenvalue weighted by atomic mass is 31.1. The minimum Gasteiger partial charge on any atom is -0.298 e. The van der Waals surface area contributed by atoms with Gasteiger partial charge in [-0.05, 0) is 51.0 Å². The first-order valence-electron chi connectivity index (χ1n) is 6.76. The van der Waals surface area contributed by atoms with Crippen LogP contribution >= 0.6 is 8.69 Å². The maximum Gasteiger partial charge on any atom is 0.327 e. The molecule has 0 amide bonds. The lowest BCUT2D eigenvalue weighted by Gasteiger charge is -2.32. The van der Waals surface area contributed by atoms with Gasteiger partial charge in [-0.2, -0.15) is 0 Å². The maximum atomic E-state index is 9.05. The molecule has 0 saturated heterocycles. The molecular weight excluding hydrogens is 255 g/mol. The zero-order chi connectivity index (χ0) is 14.9. The van der Waals surface area contributed by atoms with Crippen molar-refractivity contribution in [2.24, 2.45) is 5.41 Å². The zero-order valence-corrected chi connectivity index (χ0v) is 14.0. The molecule has 0 fully saturated rings. The van der Waals surface area contributed by atoms with Crippen LogP contribution in [0.1, 0.15) is 53.9 Å². The molecule has 0 aliphatic heterocycles. The predicted octanol–water partition coefficient (Wildman–Crippen LogP) is 5.87. The molecule has 0 aromatic heterocycles. The van der Waals surface area contributed by atoms with Crippen LogP contribution in [0.4, 0.5) is 0 Å². The summed E-state index contributed by atoms with van der Waals surface area (Å²) in [5.41, 5.74) is 4.84. The molecule has 108 valence electrons. The molecule has 0 radical (unpaired) electrons. The van der Waals surface area contributed by atoms with Crippen LogP contribution in [0.3, 0.4) is 0 Å². The van der Waals surface area contributed by atoms with Crippen molar-refractivity contribution in [3.8, 4) is 0 Å². The zero-order valence-electron chi connectivity index (χ0n) is 13.1. The third kappa shape index (κ3) is 6.84. The lowest BCUT2D eigenvalue weighted by molar-refractivity contribution is 0.377. The molecule has 0 spiro atoms. The normalized spacial score (nSPS) is 19.6. The lowest BCUT2D eigenvalue weighted by atomic mass is 9.72. The molecule has 0 heterocycles. The van der Waals surface area contributed by atoms with E-state index in [1.165, 1.54) is 31.9 Å². The molecule has 0 bridgehead atoms. The second-order valence-corrected chi connectivity index (χ2v) is 6.07. The smallest absolute Gasteiger partial charge is 0.298 e. The van der Waals surface area contributed by atoms with Gasteiger partial charge in [0.1, 0.15) is 0 Å². The second kappa shape index (κ2) is 9.23. The quantitative estimate of drug-likeness (QED) is 0.477. The van der Waals surface area contributed by atoms with Gasteiger partial charge in [-0.3, -0.25) is 4.52 Å². The third-order valence-electron chi connectivity index (χ3n) is 3.59. The Morgan fingerprint density at radius 3 is 2.42 bits per heavy atom. The van der Waals surface area contributed by atoms with E-state index in [-0.39, 0.29) is 8.69 Å². The fourth-order valence-electron chi connectivity index (χ4n) is 2.32. The van der Waals surface area contributed by atoms with Crippen molar-refractivity contribution < 1.29 is 9.09 Å². The fraction of sp³-hybridized carbons (Fsp3) is 0.625. The highest BCUT2D eigenvalue weighted by Crippen LogP contribution is 2.40. The molecule has 0 aromatic carbocycles. The minimum atomic E-state index is -0.252. The Morgan fingerprint density at radius 2 is 2.00 bits per heavy atom. The summed E-state index contributed by atoms with van der Waals surface area (Å²) in [6.07, 6.45) is 10.7. The topological polar surface area (TPSA) is 26.3 Å². The summed E-state index contributed by atoms with van der Waals surface area (Å²) in [5.74, 6) is 0. The predicted molar refractivity (Wildman–Crippen MR) is 83.5 cm³/mol. The molecule has 2 nitrogen and oxygen atoms in total. The van der Waals surface area contributed by atoms with Crippen LogP contribution in [-0.2, 0) is 9.09 Å². The highest BCUT2D eigenvalue weighted by molar-refractivity contribution is 7.17. The summed E-state index contributed by atoms with van der Waals surface area (Å²) in [4.78, 5) is 0. The standard InChI is InChI=1S/C15H24.CH3O2P/c1-6-12(2)9-10-14-13(3)8-7-11-15(14,4)5;1-3-4-2/h6,9-10H,7-8,11H2,1-5H3;1H3. The van der Waals surface area contributed by atoms with Gasteiger partial charge < -0.3 is 0 Å². The van der Waals surface area contributed by atoms with Gasteiger partial charge in [0.25, 0.3) is 0 Å². The molecule has 1 aliphatic carbocycles. The van der Waals surface area contributed by atoms with Gasteiger partial charge in [0.15, 0.2) is 0 Å². The van der Waals surface area contributed by atoms with E-state index in [1.807, 2.05) is 0 Å². The molecule has 0 atom stereocenters. The van der Waals surface area contributed by atoms with Crippen LogP contribution in [0, 0.1) is 5.41 Å². The van der Waals surface area contributed by atoms with Crippen molar-refractivity contribution in [2.75, 3.05) is 7.11 Å². The van der Waals surface area contributed by atoms with Gasteiger partial charge in [0.05, 0.1) is 0 Å². The van der Waals surface area contributed by atoms with E-state index in [2.05, 4.69) is 57.4 Å². The summed E-state index contributed by atoms with van der Waals surface area (Å²) in [6.45, 7) is 11.3. The van der Waals surface area contributed by atoms with Gasteiger partial charge >= 0.3 is 8.69 Å². The average Bonchev–Trinajstić information content (AvgIpc) is 2.37. The van der Waals surface area contributed by atoms with Crippen LogP contribution in [0.2, 0.25) is 0 Å². The van der Waals surface area contributed by atoms with E-state index < -0.39 is 0 Å². The number of hydrogen-bond acceptors (Lipinski definition) is 2. The Balaban J connectivity index is 0.000000711. The molecule has 1 aliphatic rings. The number of allylic oxidation sites excluding steroid dienone is 6. The molecule has 19 heavy (non-hydrogen) atoms. The van der Waals surface area contributed by atoms with Crippen molar-refractivity contribution in [1.29, 1.82) is 0 Å². The molecule has 0 unspecified atom stereocenters. The first-order valence-corrected chi connectivity index (χ1v) is 7.49. The molecule has 0 saturated carbocycles. The Kier molecular flexibility index (Phi) is 8.88. The van der Waals surface area contributed by atoms with Crippen molar-refractivity contribution in [2.45, 2.75) is 53.9 Å². The van der Waals surface area contributed by atoms with Crippen LogP contribution in [0.15, 0.2) is 34.9 Å². The van der Waals surface area contributed by atoms with E-state index in [0.29, 0.717) is 5.41 Å². The SMILES string of the molecule is CC=C(C)C=CC1=C(C)CCCC1(C)C.COP=O. The summed E-state index contributed by atoms with van der Waals surface area (Å²) < 4.78 is 13.0. The Morgan fingerprint density at radius 1 is 1.42 bits per heavy atom. The van der Waals surface area contributed by atoms with Crippen LogP contribution in [0.25, 0.3) is 0 Å². The van der Waals surface area contributed by atoms with E-state index in [9.17, 15) is 0 Å². The average molecular weight is 282 g/mol. The van der Waals surface area contributed by atoms with Crippen molar-refractivity contribution in [1.82, 2.24) is 0 Å². The van der Waals surface area contributed by atoms with Gasteiger partial charge in [-0.15, -0.1) is 0 Å². The summed E-state index contributed by atoms with van der Waals surface area (Å²) in [6, 6.07) is 0. The van der Waals surface area contributed by atoms with Gasteiger partial charge in [0.2, 0.25) is 0 Å². The van der Waals surface area contributed by atoms with Crippen molar-refractivity contribution >= 4 is 8.69 Å². The summed E-state index contributed by atoms with van der Waals surface area (Å²) >= 11 is 0. The summed E-state index contributed by atoms with van der Waals surface area (Å²) in [5, 5.41) is 0.